The maximum absolute atomic E-state index is 14.1. The third-order valence-electron chi connectivity index (χ3n) is 9.75. The molecular formula is C43H52N8O11S. The van der Waals surface area contributed by atoms with Crippen molar-refractivity contribution in [3.05, 3.63) is 102 Å². The van der Waals surface area contributed by atoms with Gasteiger partial charge in [0.05, 0.1) is 19.0 Å². The smallest absolute Gasteiger partial charge is 0.326 e. The molecule has 0 unspecified atom stereocenters. The summed E-state index contributed by atoms with van der Waals surface area (Å²) in [5, 5.41) is 44.8. The Balaban J connectivity index is 1.52. The van der Waals surface area contributed by atoms with Crippen LogP contribution in [0.1, 0.15) is 36.5 Å². The number of benzene rings is 3. The molecule has 0 aliphatic carbocycles. The number of carbonyl (C=O) groups is 8. The van der Waals surface area contributed by atoms with Crippen molar-refractivity contribution in [2.24, 2.45) is 5.73 Å². The van der Waals surface area contributed by atoms with Gasteiger partial charge in [0, 0.05) is 36.4 Å². The Kier molecular flexibility index (Phi) is 18.5. The summed E-state index contributed by atoms with van der Waals surface area (Å²) in [5.74, 6) is -7.55. The summed E-state index contributed by atoms with van der Waals surface area (Å²) in [7, 11) is 0. The molecule has 1 aromatic heterocycles. The molecule has 336 valence electrons. The van der Waals surface area contributed by atoms with Crippen LogP contribution in [-0.2, 0) is 57.6 Å². The molecule has 6 amide bonds. The summed E-state index contributed by atoms with van der Waals surface area (Å²) in [4.78, 5) is 108. The van der Waals surface area contributed by atoms with Crippen molar-refractivity contribution in [3.63, 3.8) is 0 Å². The van der Waals surface area contributed by atoms with Gasteiger partial charge >= 0.3 is 11.9 Å². The van der Waals surface area contributed by atoms with Crippen LogP contribution in [0.2, 0.25) is 0 Å². The number of hydrogen-bond donors (Lipinski definition) is 11. The SMILES string of the molecule is CSCC[C@H](NC(=O)[C@H](Cc1c[nH]c2ccccc12)NC(=O)CNC(=O)[C@H](Cc1ccc(O)cc1)NC(=O)[C@H](C)N)C(=O)N[C@@H](CC(=O)O)C(=O)N[C@@H](Cc1ccccc1)C(=O)O. The van der Waals surface area contributed by atoms with Crippen molar-refractivity contribution in [2.75, 3.05) is 18.6 Å². The van der Waals surface area contributed by atoms with Gasteiger partial charge in [-0.2, -0.15) is 11.8 Å². The molecule has 4 aromatic rings. The monoisotopic (exact) mass is 888 g/mol. The molecule has 0 bridgehead atoms. The fourth-order valence-corrected chi connectivity index (χ4v) is 6.87. The summed E-state index contributed by atoms with van der Waals surface area (Å²) < 4.78 is 0. The van der Waals surface area contributed by atoms with Crippen LogP contribution >= 0.6 is 11.8 Å². The molecule has 12 N–H and O–H groups in total. The molecule has 20 heteroatoms. The molecule has 1 heterocycles. The minimum atomic E-state index is -1.73. The van der Waals surface area contributed by atoms with Crippen LogP contribution in [0.5, 0.6) is 5.75 Å². The van der Waals surface area contributed by atoms with Crippen molar-refractivity contribution in [2.45, 2.75) is 75.3 Å². The highest BCUT2D eigenvalue weighted by Crippen LogP contribution is 2.20. The quantitative estimate of drug-likeness (QED) is 0.0446. The Labute approximate surface area is 366 Å². The summed E-state index contributed by atoms with van der Waals surface area (Å²) in [6.45, 7) is 0.795. The van der Waals surface area contributed by atoms with Gasteiger partial charge in [-0.05, 0) is 60.2 Å². The fourth-order valence-electron chi connectivity index (χ4n) is 6.40. The number of carbonyl (C=O) groups excluding carboxylic acids is 6. The van der Waals surface area contributed by atoms with Crippen LogP contribution in [0, 0.1) is 0 Å². The lowest BCUT2D eigenvalue weighted by Crippen LogP contribution is -2.59. The van der Waals surface area contributed by atoms with Crippen LogP contribution in [0.25, 0.3) is 10.9 Å². The van der Waals surface area contributed by atoms with Gasteiger partial charge in [0.25, 0.3) is 0 Å². The number of nitrogens with two attached hydrogens (primary N) is 1. The number of amides is 6. The number of H-pyrrole nitrogens is 1. The number of hydrogen-bond acceptors (Lipinski definition) is 11. The van der Waals surface area contributed by atoms with Crippen molar-refractivity contribution in [1.29, 1.82) is 0 Å². The third-order valence-corrected chi connectivity index (χ3v) is 10.4. The van der Waals surface area contributed by atoms with Gasteiger partial charge in [-0.3, -0.25) is 33.6 Å². The molecular weight excluding hydrogens is 837 g/mol. The summed E-state index contributed by atoms with van der Waals surface area (Å²) in [6, 6.07) is 13.5. The van der Waals surface area contributed by atoms with Gasteiger partial charge in [0.2, 0.25) is 35.4 Å². The average Bonchev–Trinajstić information content (AvgIpc) is 3.66. The number of nitrogens with one attached hydrogen (secondary N) is 7. The summed E-state index contributed by atoms with van der Waals surface area (Å²) in [5.41, 5.74) is 8.24. The second-order valence-corrected chi connectivity index (χ2v) is 15.7. The highest BCUT2D eigenvalue weighted by atomic mass is 32.2. The largest absolute Gasteiger partial charge is 0.508 e. The van der Waals surface area contributed by atoms with E-state index < -0.39 is 96.6 Å². The number of para-hydroxylation sites is 1. The van der Waals surface area contributed by atoms with Crippen LogP contribution in [0.4, 0.5) is 0 Å². The highest BCUT2D eigenvalue weighted by molar-refractivity contribution is 7.98. The first-order chi connectivity index (χ1) is 30.0. The average molecular weight is 889 g/mol. The molecule has 0 fully saturated rings. The normalized spacial score (nSPS) is 13.8. The molecule has 6 atom stereocenters. The minimum Gasteiger partial charge on any atom is -0.508 e. The number of rotatable bonds is 24. The lowest BCUT2D eigenvalue weighted by atomic mass is 10.0. The Morgan fingerprint density at radius 1 is 0.651 bits per heavy atom. The number of thioether (sulfide) groups is 1. The van der Waals surface area contributed by atoms with Gasteiger partial charge in [-0.1, -0.05) is 60.7 Å². The molecule has 0 radical (unpaired) electrons. The molecule has 4 rings (SSSR count). The highest BCUT2D eigenvalue weighted by Gasteiger charge is 2.33. The van der Waals surface area contributed by atoms with E-state index in [0.717, 1.165) is 10.9 Å². The molecule has 63 heavy (non-hydrogen) atoms. The molecule has 3 aromatic carbocycles. The van der Waals surface area contributed by atoms with Gasteiger partial charge in [0.1, 0.15) is 36.0 Å². The maximum Gasteiger partial charge on any atom is 0.326 e. The molecule has 0 aliphatic rings. The van der Waals surface area contributed by atoms with Gasteiger partial charge in [-0.25, -0.2) is 4.79 Å². The number of carboxylic acid groups (broad SMARTS) is 2. The molecule has 0 saturated heterocycles. The molecule has 0 saturated carbocycles. The Hall–Kier alpha value is -6.93. The molecule has 0 aliphatic heterocycles. The summed E-state index contributed by atoms with van der Waals surface area (Å²) in [6.07, 6.45) is 2.27. The van der Waals surface area contributed by atoms with Gasteiger partial charge < -0.3 is 57.9 Å². The van der Waals surface area contributed by atoms with E-state index in [0.29, 0.717) is 22.4 Å². The zero-order chi connectivity index (χ0) is 46.1. The van der Waals surface area contributed by atoms with Crippen molar-refractivity contribution in [3.8, 4) is 5.75 Å². The van der Waals surface area contributed by atoms with Crippen molar-refractivity contribution >= 4 is 70.0 Å². The van der Waals surface area contributed by atoms with E-state index in [2.05, 4.69) is 36.9 Å². The zero-order valence-corrected chi connectivity index (χ0v) is 35.4. The minimum absolute atomic E-state index is 0.00523. The van der Waals surface area contributed by atoms with Crippen molar-refractivity contribution < 1.29 is 53.7 Å². The first-order valence-electron chi connectivity index (χ1n) is 19.9. The first-order valence-corrected chi connectivity index (χ1v) is 21.3. The number of fused-ring (bicyclic) bond motifs is 1. The number of aromatic amines is 1. The van der Waals surface area contributed by atoms with Crippen LogP contribution in [-0.4, -0.2) is 122 Å². The third kappa shape index (κ3) is 15.5. The number of phenols is 1. The van der Waals surface area contributed by atoms with E-state index in [9.17, 15) is 53.7 Å². The van der Waals surface area contributed by atoms with Crippen molar-refractivity contribution in [1.82, 2.24) is 36.9 Å². The van der Waals surface area contributed by atoms with Crippen LogP contribution in [0.15, 0.2) is 85.1 Å². The Bertz CT molecular complexity index is 2240. The lowest BCUT2D eigenvalue weighted by molar-refractivity contribution is -0.143. The van der Waals surface area contributed by atoms with E-state index in [1.54, 1.807) is 73.1 Å². The maximum atomic E-state index is 14.1. The Morgan fingerprint density at radius 2 is 1.21 bits per heavy atom. The lowest BCUT2D eigenvalue weighted by Gasteiger charge is -2.26. The molecule has 0 spiro atoms. The standard InChI is InChI=1S/C43H52N8O11S/c1-24(44)38(56)49-32(18-26-12-14-28(52)15-13-26)39(57)46-23-36(53)47-33(20-27-22-45-30-11-7-6-10-29(27)30)41(59)48-31(16-17-63-2)40(58)50-34(21-37(54)55)42(60)51-35(43(61)62)19-25-8-4-3-5-9-25/h3-15,22,24,31-35,45,52H,16-21,23,44H2,1-2H3,(H,46,57)(H,47,53)(H,48,59)(H,49,56)(H,50,58)(H,51,60)(H,54,55)(H,61,62)/t24-,31-,32-,33-,34-,35-/m0/s1. The summed E-state index contributed by atoms with van der Waals surface area (Å²) >= 11 is 1.34. The second kappa shape index (κ2) is 23.9. The predicted octanol–water partition coefficient (Wildman–Crippen LogP) is 0.101. The van der Waals surface area contributed by atoms with E-state index >= 15 is 0 Å². The number of carboxylic acids is 2. The van der Waals surface area contributed by atoms with Crippen LogP contribution < -0.4 is 37.6 Å². The van der Waals surface area contributed by atoms with Crippen LogP contribution in [0.3, 0.4) is 0 Å². The fraction of sp³-hybridized carbons (Fsp3) is 0.349. The van der Waals surface area contributed by atoms with Gasteiger partial charge in [0.15, 0.2) is 0 Å². The first kappa shape index (κ1) is 48.7. The zero-order valence-electron chi connectivity index (χ0n) is 34.6. The topological polar surface area (TPSA) is 311 Å². The van der Waals surface area contributed by atoms with Gasteiger partial charge in [-0.15, -0.1) is 0 Å². The number of phenolic OH excluding ortho intramolecular Hbond substituents is 1. The Morgan fingerprint density at radius 3 is 1.86 bits per heavy atom. The number of aliphatic carboxylic acids is 2. The number of aromatic hydroxyl groups is 1. The van der Waals surface area contributed by atoms with E-state index in [1.165, 1.54) is 30.8 Å². The number of aromatic nitrogens is 1. The van der Waals surface area contributed by atoms with E-state index in [-0.39, 0.29) is 31.4 Å². The molecule has 19 nitrogen and oxygen atoms in total. The van der Waals surface area contributed by atoms with E-state index in [1.807, 2.05) is 6.07 Å². The van der Waals surface area contributed by atoms with E-state index in [4.69, 9.17) is 5.73 Å². The second-order valence-electron chi connectivity index (χ2n) is 14.7. The predicted molar refractivity (Wildman–Crippen MR) is 233 cm³/mol.